The highest BCUT2D eigenvalue weighted by molar-refractivity contribution is 6.56. The van der Waals surface area contributed by atoms with Crippen LogP contribution < -0.4 is 0 Å². The molecule has 0 spiro atoms. The van der Waals surface area contributed by atoms with Gasteiger partial charge in [-0.05, 0) is 48.5 Å². The molecule has 6 nitrogen and oxygen atoms in total. The highest BCUT2D eigenvalue weighted by Crippen LogP contribution is 2.39. The molecule has 1 N–H and O–H groups in total. The summed E-state index contributed by atoms with van der Waals surface area (Å²) >= 11 is 0. The number of nitrogens with zero attached hydrogens (tertiary/aromatic N) is 1. The normalized spacial score (nSPS) is 22.3. The Morgan fingerprint density at radius 2 is 1.71 bits per heavy atom. The molecule has 1 unspecified atom stereocenters. The van der Waals surface area contributed by atoms with Crippen LogP contribution in [0.4, 0.5) is 4.79 Å². The lowest BCUT2D eigenvalue weighted by molar-refractivity contribution is 0.00578. The summed E-state index contributed by atoms with van der Waals surface area (Å²) < 4.78 is 16.8. The number of carbonyl (C=O) groups excluding carboxylic acids is 1. The van der Waals surface area contributed by atoms with Crippen molar-refractivity contribution in [3.05, 3.63) is 0 Å². The molecule has 1 heterocycles. The van der Waals surface area contributed by atoms with Crippen molar-refractivity contribution in [3.63, 3.8) is 0 Å². The minimum Gasteiger partial charge on any atom is -0.442 e. The quantitative estimate of drug-likeness (QED) is 0.641. The van der Waals surface area contributed by atoms with Gasteiger partial charge in [-0.25, -0.2) is 4.79 Å². The fourth-order valence-electron chi connectivity index (χ4n) is 1.67. The second kappa shape index (κ2) is 5.89. The Hall–Kier alpha value is -1.21. The van der Waals surface area contributed by atoms with Gasteiger partial charge in [0.05, 0.1) is 17.0 Å². The average Bonchev–Trinajstić information content (AvgIpc) is 2.46. The van der Waals surface area contributed by atoms with E-state index < -0.39 is 35.8 Å². The fourth-order valence-corrected chi connectivity index (χ4v) is 1.67. The molecule has 0 saturated carbocycles. The zero-order valence-electron chi connectivity index (χ0n) is 13.9. The maximum absolute atomic E-state index is 11.6. The molecule has 0 aromatic heterocycles. The molecule has 118 valence electrons. The molecule has 0 bridgehead atoms. The van der Waals surface area contributed by atoms with Crippen molar-refractivity contribution in [1.29, 1.82) is 5.41 Å². The van der Waals surface area contributed by atoms with Gasteiger partial charge >= 0.3 is 13.2 Å². The maximum Gasteiger partial charge on any atom is 0.472 e. The Morgan fingerprint density at radius 3 is 2.10 bits per heavy atom. The van der Waals surface area contributed by atoms with Crippen molar-refractivity contribution in [2.75, 3.05) is 0 Å². The smallest absolute Gasteiger partial charge is 0.442 e. The Kier molecular flexibility index (Phi) is 5.00. The first-order valence-electron chi connectivity index (χ1n) is 7.01. The molecule has 0 radical (unpaired) electrons. The van der Waals surface area contributed by atoms with Crippen molar-refractivity contribution in [1.82, 2.24) is 0 Å². The second-order valence-electron chi connectivity index (χ2n) is 7.13. The topological polar surface area (TPSA) is 81.0 Å². The fraction of sp³-hybridized carbons (Fsp3) is 0.786. The summed E-state index contributed by atoms with van der Waals surface area (Å²) in [6, 6.07) is 0. The van der Waals surface area contributed by atoms with E-state index in [0.29, 0.717) is 0 Å². The van der Waals surface area contributed by atoms with Gasteiger partial charge < -0.3 is 19.5 Å². The Morgan fingerprint density at radius 1 is 1.24 bits per heavy atom. The van der Waals surface area contributed by atoms with E-state index in [1.54, 1.807) is 20.8 Å². The predicted octanol–water partition coefficient (Wildman–Crippen LogP) is 3.10. The standard InChI is InChI=1S/C14H25BN2O4/c1-12(2,3)19-11(18)17-9-10(8-16)15-20-13(4,5)14(6,7)21-15/h8-10,16H,1-7H3. The second-order valence-corrected chi connectivity index (χ2v) is 7.13. The highest BCUT2D eigenvalue weighted by Gasteiger charge is 2.53. The summed E-state index contributed by atoms with van der Waals surface area (Å²) in [7, 11) is -0.640. The summed E-state index contributed by atoms with van der Waals surface area (Å²) in [4.78, 5) is 15.3. The number of hydrogen-bond acceptors (Lipinski definition) is 5. The van der Waals surface area contributed by atoms with Gasteiger partial charge in [0.15, 0.2) is 0 Å². The van der Waals surface area contributed by atoms with Crippen LogP contribution >= 0.6 is 0 Å². The van der Waals surface area contributed by atoms with Crippen LogP contribution in [0.25, 0.3) is 0 Å². The minimum atomic E-state index is -0.689. The predicted molar refractivity (Wildman–Crippen MR) is 83.3 cm³/mol. The van der Waals surface area contributed by atoms with E-state index in [1.807, 2.05) is 27.7 Å². The third-order valence-corrected chi connectivity index (χ3v) is 3.52. The molecule has 1 aliphatic heterocycles. The SMILES string of the molecule is CC(C)(C)OC(=O)N=CC(C=N)B1OC(C)(C)C(C)(C)O1. The largest absolute Gasteiger partial charge is 0.472 e. The summed E-state index contributed by atoms with van der Waals surface area (Å²) in [5, 5.41) is 7.48. The summed E-state index contributed by atoms with van der Waals surface area (Å²) in [6.45, 7) is 13.0. The van der Waals surface area contributed by atoms with E-state index in [1.165, 1.54) is 6.21 Å². The van der Waals surface area contributed by atoms with Gasteiger partial charge in [0.1, 0.15) is 5.60 Å². The van der Waals surface area contributed by atoms with E-state index in [0.717, 1.165) is 6.21 Å². The molecule has 1 rings (SSSR count). The number of hydrogen-bond donors (Lipinski definition) is 1. The van der Waals surface area contributed by atoms with Crippen LogP contribution in [0.2, 0.25) is 5.82 Å². The molecular weight excluding hydrogens is 271 g/mol. The van der Waals surface area contributed by atoms with E-state index in [9.17, 15) is 4.79 Å². The molecule has 1 fully saturated rings. The van der Waals surface area contributed by atoms with Crippen LogP contribution in [0.1, 0.15) is 48.5 Å². The molecule has 7 heteroatoms. The van der Waals surface area contributed by atoms with E-state index in [4.69, 9.17) is 19.5 Å². The zero-order valence-corrected chi connectivity index (χ0v) is 13.9. The van der Waals surface area contributed by atoms with Crippen LogP contribution in [0.5, 0.6) is 0 Å². The number of carbonyl (C=O) groups is 1. The third kappa shape index (κ3) is 4.64. The first kappa shape index (κ1) is 17.8. The number of rotatable bonds is 3. The maximum atomic E-state index is 11.6. The first-order chi connectivity index (χ1) is 9.38. The van der Waals surface area contributed by atoms with E-state index in [2.05, 4.69) is 4.99 Å². The number of amides is 1. The summed E-state index contributed by atoms with van der Waals surface area (Å²) in [6.07, 6.45) is 1.80. The van der Waals surface area contributed by atoms with Gasteiger partial charge in [0, 0.05) is 12.4 Å². The lowest BCUT2D eigenvalue weighted by atomic mass is 9.73. The molecule has 21 heavy (non-hydrogen) atoms. The molecule has 1 amide bonds. The van der Waals surface area contributed by atoms with E-state index >= 15 is 0 Å². The average molecular weight is 296 g/mol. The number of nitrogens with one attached hydrogen (secondary N) is 1. The molecular formula is C14H25BN2O4. The Balaban J connectivity index is 2.73. The molecule has 0 aromatic carbocycles. The first-order valence-corrected chi connectivity index (χ1v) is 7.01. The van der Waals surface area contributed by atoms with Gasteiger partial charge in [-0.1, -0.05) is 0 Å². The lowest BCUT2D eigenvalue weighted by Gasteiger charge is -2.32. The number of ether oxygens (including phenoxy) is 1. The van der Waals surface area contributed by atoms with Crippen LogP contribution in [-0.2, 0) is 14.0 Å². The van der Waals surface area contributed by atoms with Crippen LogP contribution in [-0.4, -0.2) is 42.4 Å². The van der Waals surface area contributed by atoms with Crippen molar-refractivity contribution in [2.24, 2.45) is 4.99 Å². The van der Waals surface area contributed by atoms with Gasteiger partial charge in [-0.2, -0.15) is 4.99 Å². The molecule has 0 aromatic rings. The highest BCUT2D eigenvalue weighted by atomic mass is 16.7. The van der Waals surface area contributed by atoms with Crippen LogP contribution in [0, 0.1) is 5.41 Å². The summed E-state index contributed by atoms with van der Waals surface area (Å²) in [5.74, 6) is -0.543. The lowest BCUT2D eigenvalue weighted by Crippen LogP contribution is -2.41. The molecule has 0 aliphatic carbocycles. The third-order valence-electron chi connectivity index (χ3n) is 3.52. The van der Waals surface area contributed by atoms with Crippen LogP contribution in [0.15, 0.2) is 4.99 Å². The Bertz CT molecular complexity index is 425. The summed E-state index contributed by atoms with van der Waals surface area (Å²) in [5.41, 5.74) is -1.57. The van der Waals surface area contributed by atoms with Gasteiger partial charge in [0.2, 0.25) is 0 Å². The van der Waals surface area contributed by atoms with Crippen molar-refractivity contribution >= 4 is 25.6 Å². The Labute approximate surface area is 126 Å². The van der Waals surface area contributed by atoms with Crippen LogP contribution in [0.3, 0.4) is 0 Å². The van der Waals surface area contributed by atoms with Gasteiger partial charge in [0.25, 0.3) is 0 Å². The van der Waals surface area contributed by atoms with Crippen molar-refractivity contribution in [2.45, 2.75) is 71.1 Å². The van der Waals surface area contributed by atoms with Crippen molar-refractivity contribution < 1.29 is 18.8 Å². The molecule has 1 atom stereocenters. The number of aliphatic imine (C=N–C) groups is 1. The minimum absolute atomic E-state index is 0.487. The van der Waals surface area contributed by atoms with E-state index in [-0.39, 0.29) is 0 Å². The molecule has 1 saturated heterocycles. The zero-order chi connectivity index (χ0) is 16.5. The van der Waals surface area contributed by atoms with Gasteiger partial charge in [-0.3, -0.25) is 0 Å². The monoisotopic (exact) mass is 296 g/mol. The van der Waals surface area contributed by atoms with Crippen molar-refractivity contribution in [3.8, 4) is 0 Å². The molecule has 1 aliphatic rings. The van der Waals surface area contributed by atoms with Gasteiger partial charge in [-0.15, -0.1) is 0 Å².